The topological polar surface area (TPSA) is 52.6 Å². The molecule has 3 aliphatic rings. The van der Waals surface area contributed by atoms with Crippen molar-refractivity contribution < 1.29 is 19.1 Å². The number of esters is 2. The van der Waals surface area contributed by atoms with Crippen LogP contribution in [0.2, 0.25) is 0 Å². The largest absolute Gasteiger partial charge is 0.462 e. The average Bonchev–Trinajstić information content (AvgIpc) is 2.92. The molecule has 132 valence electrons. The summed E-state index contributed by atoms with van der Waals surface area (Å²) >= 11 is 1.87. The van der Waals surface area contributed by atoms with Gasteiger partial charge in [-0.15, -0.1) is 0 Å². The van der Waals surface area contributed by atoms with Crippen molar-refractivity contribution in [1.82, 2.24) is 0 Å². The summed E-state index contributed by atoms with van der Waals surface area (Å²) in [6.45, 7) is 2.17. The Kier molecular flexibility index (Phi) is 4.59. The molecule has 0 aromatic heterocycles. The van der Waals surface area contributed by atoms with E-state index in [-0.39, 0.29) is 48.3 Å². The minimum atomic E-state index is -0.297. The molecular weight excluding hydrogens is 336 g/mol. The number of hydrogen-bond donors (Lipinski definition) is 0. The second kappa shape index (κ2) is 6.87. The molecule has 2 aliphatic heterocycles. The lowest BCUT2D eigenvalue weighted by Gasteiger charge is -2.40. The Hall–Kier alpha value is -1.75. The van der Waals surface area contributed by atoms with E-state index in [9.17, 15) is 9.59 Å². The molecule has 1 aliphatic carbocycles. The Bertz CT molecular complexity index is 699. The lowest BCUT2D eigenvalue weighted by atomic mass is 9.65. The van der Waals surface area contributed by atoms with Crippen molar-refractivity contribution in [3.63, 3.8) is 0 Å². The first-order valence-electron chi connectivity index (χ1n) is 8.84. The maximum absolute atomic E-state index is 13.0. The van der Waals surface area contributed by atoms with Gasteiger partial charge >= 0.3 is 11.9 Å². The standard InChI is InChI=1S/C20H22O4S/c1-12-17-16(19(21)24-12)9-14-11-25-8-7-15(14)18(17)20(22)23-10-13-5-3-2-4-6-13/h2-6,9,12,15-18H,7-8,10-11H2,1H3/t12-,15-,16-,17-,18+/m1/s1. The molecule has 0 spiro atoms. The van der Waals surface area contributed by atoms with Crippen LogP contribution < -0.4 is 0 Å². The molecule has 4 nitrogen and oxygen atoms in total. The van der Waals surface area contributed by atoms with Crippen molar-refractivity contribution >= 4 is 23.7 Å². The molecule has 25 heavy (non-hydrogen) atoms. The maximum Gasteiger partial charge on any atom is 0.313 e. The number of cyclic esters (lactones) is 1. The van der Waals surface area contributed by atoms with Gasteiger partial charge in [0, 0.05) is 11.7 Å². The smallest absolute Gasteiger partial charge is 0.313 e. The molecule has 0 unspecified atom stereocenters. The Morgan fingerprint density at radius 1 is 1.32 bits per heavy atom. The molecule has 5 heteroatoms. The van der Waals surface area contributed by atoms with Crippen LogP contribution in [0.4, 0.5) is 0 Å². The van der Waals surface area contributed by atoms with Gasteiger partial charge in [0.1, 0.15) is 12.7 Å². The van der Waals surface area contributed by atoms with Crippen LogP contribution in [0.3, 0.4) is 0 Å². The van der Waals surface area contributed by atoms with Crippen molar-refractivity contribution in [2.75, 3.05) is 11.5 Å². The van der Waals surface area contributed by atoms with Crippen molar-refractivity contribution in [3.05, 3.63) is 47.5 Å². The second-order valence-corrected chi connectivity index (χ2v) is 8.16. The van der Waals surface area contributed by atoms with E-state index in [4.69, 9.17) is 9.47 Å². The van der Waals surface area contributed by atoms with Crippen molar-refractivity contribution in [2.24, 2.45) is 23.7 Å². The lowest BCUT2D eigenvalue weighted by Crippen LogP contribution is -2.43. The molecule has 0 N–H and O–H groups in total. The van der Waals surface area contributed by atoms with Gasteiger partial charge in [0.2, 0.25) is 0 Å². The Morgan fingerprint density at radius 2 is 2.12 bits per heavy atom. The van der Waals surface area contributed by atoms with Crippen molar-refractivity contribution in [3.8, 4) is 0 Å². The van der Waals surface area contributed by atoms with Gasteiger partial charge in [0.25, 0.3) is 0 Å². The van der Waals surface area contributed by atoms with Gasteiger partial charge in [-0.2, -0.15) is 11.8 Å². The van der Waals surface area contributed by atoms with Crippen LogP contribution in [-0.2, 0) is 25.7 Å². The van der Waals surface area contributed by atoms with Gasteiger partial charge in [-0.1, -0.05) is 42.0 Å². The second-order valence-electron chi connectivity index (χ2n) is 7.05. The minimum Gasteiger partial charge on any atom is -0.462 e. The third-order valence-electron chi connectivity index (χ3n) is 5.59. The third kappa shape index (κ3) is 3.10. The normalized spacial score (nSPS) is 33.7. The molecule has 1 aromatic carbocycles. The number of benzene rings is 1. The summed E-state index contributed by atoms with van der Waals surface area (Å²) in [7, 11) is 0. The summed E-state index contributed by atoms with van der Waals surface area (Å²) in [4.78, 5) is 25.2. The highest BCUT2D eigenvalue weighted by atomic mass is 32.2. The molecule has 0 saturated carbocycles. The van der Waals surface area contributed by atoms with E-state index in [0.717, 1.165) is 23.5 Å². The first-order valence-corrected chi connectivity index (χ1v) is 10.00. The molecule has 2 saturated heterocycles. The SMILES string of the molecule is C[C@H]1OC(=O)[C@@H]2C=C3CSCC[C@H]3[C@H](C(=O)OCc3ccccc3)[C@H]12. The van der Waals surface area contributed by atoms with Crippen molar-refractivity contribution in [2.45, 2.75) is 26.1 Å². The predicted molar refractivity (Wildman–Crippen MR) is 95.8 cm³/mol. The van der Waals surface area contributed by atoms with Crippen LogP contribution in [0.1, 0.15) is 18.9 Å². The number of carbonyl (C=O) groups is 2. The third-order valence-corrected chi connectivity index (χ3v) is 6.65. The minimum absolute atomic E-state index is 0.104. The molecule has 0 radical (unpaired) electrons. The zero-order chi connectivity index (χ0) is 17.4. The molecule has 1 aromatic rings. The number of rotatable bonds is 3. The van der Waals surface area contributed by atoms with E-state index in [1.54, 1.807) is 0 Å². The molecule has 2 fully saturated rings. The quantitative estimate of drug-likeness (QED) is 0.613. The lowest BCUT2D eigenvalue weighted by molar-refractivity contribution is -0.155. The highest BCUT2D eigenvalue weighted by molar-refractivity contribution is 7.99. The first-order chi connectivity index (χ1) is 12.1. The van der Waals surface area contributed by atoms with Gasteiger partial charge < -0.3 is 9.47 Å². The zero-order valence-electron chi connectivity index (χ0n) is 14.2. The summed E-state index contributed by atoms with van der Waals surface area (Å²) in [5.41, 5.74) is 2.20. The number of fused-ring (bicyclic) bond motifs is 2. The summed E-state index contributed by atoms with van der Waals surface area (Å²) in [6, 6.07) is 9.71. The number of ether oxygens (including phenoxy) is 2. The predicted octanol–water partition coefficient (Wildman–Crippen LogP) is 3.22. The average molecular weight is 358 g/mol. The fraction of sp³-hybridized carbons (Fsp3) is 0.500. The zero-order valence-corrected chi connectivity index (χ0v) is 15.0. The molecule has 0 bridgehead atoms. The summed E-state index contributed by atoms with van der Waals surface area (Å²) in [5.74, 6) is 1.07. The van der Waals surface area contributed by atoms with Gasteiger partial charge in [-0.3, -0.25) is 9.59 Å². The maximum atomic E-state index is 13.0. The van der Waals surface area contributed by atoms with Crippen LogP contribution in [0.25, 0.3) is 0 Å². The van der Waals surface area contributed by atoms with E-state index in [1.165, 1.54) is 5.57 Å². The van der Waals surface area contributed by atoms with Crippen LogP contribution in [0.15, 0.2) is 42.0 Å². The van der Waals surface area contributed by atoms with Gasteiger partial charge in [0.15, 0.2) is 0 Å². The summed E-state index contributed by atoms with van der Waals surface area (Å²) in [5, 5.41) is 0. The van der Waals surface area contributed by atoms with Gasteiger partial charge in [0.05, 0.1) is 11.8 Å². The molecule has 5 atom stereocenters. The van der Waals surface area contributed by atoms with E-state index in [1.807, 2.05) is 49.0 Å². The summed E-state index contributed by atoms with van der Waals surface area (Å²) < 4.78 is 11.1. The Balaban J connectivity index is 1.58. The Morgan fingerprint density at radius 3 is 2.92 bits per heavy atom. The fourth-order valence-electron chi connectivity index (χ4n) is 4.40. The summed E-state index contributed by atoms with van der Waals surface area (Å²) in [6.07, 6.45) is 2.80. The molecule has 0 amide bonds. The van der Waals surface area contributed by atoms with Crippen LogP contribution in [0, 0.1) is 23.7 Å². The van der Waals surface area contributed by atoms with Crippen LogP contribution in [0.5, 0.6) is 0 Å². The van der Waals surface area contributed by atoms with E-state index in [2.05, 4.69) is 6.08 Å². The highest BCUT2D eigenvalue weighted by Gasteiger charge is 2.54. The van der Waals surface area contributed by atoms with Gasteiger partial charge in [-0.05, 0) is 30.6 Å². The van der Waals surface area contributed by atoms with Gasteiger partial charge in [-0.25, -0.2) is 0 Å². The molecule has 2 heterocycles. The number of hydrogen-bond acceptors (Lipinski definition) is 5. The molecular formula is C20H22O4S. The van der Waals surface area contributed by atoms with Crippen LogP contribution in [-0.4, -0.2) is 29.5 Å². The Labute approximate surface area is 152 Å². The monoisotopic (exact) mass is 358 g/mol. The van der Waals surface area contributed by atoms with Crippen molar-refractivity contribution in [1.29, 1.82) is 0 Å². The first kappa shape index (κ1) is 16.7. The van der Waals surface area contributed by atoms with Crippen LogP contribution >= 0.6 is 11.8 Å². The van der Waals surface area contributed by atoms with E-state index >= 15 is 0 Å². The van der Waals surface area contributed by atoms with E-state index < -0.39 is 0 Å². The fourth-order valence-corrected chi connectivity index (χ4v) is 5.51. The number of thioether (sulfide) groups is 1. The van der Waals surface area contributed by atoms with E-state index in [0.29, 0.717) is 0 Å². The molecule has 4 rings (SSSR count). The highest BCUT2D eigenvalue weighted by Crippen LogP contribution is 2.49. The number of carbonyl (C=O) groups excluding carboxylic acids is 2.